The van der Waals surface area contributed by atoms with Gasteiger partial charge < -0.3 is 10.5 Å². The molecule has 0 unspecified atom stereocenters. The summed E-state index contributed by atoms with van der Waals surface area (Å²) in [5, 5.41) is 1.88. The molecule has 0 amide bonds. The molecule has 0 saturated carbocycles. The minimum Gasteiger partial charge on any atom is -0.466 e. The molecule has 0 saturated heterocycles. The second kappa shape index (κ2) is 5.53. The summed E-state index contributed by atoms with van der Waals surface area (Å²) in [5.41, 5.74) is 8.60. The van der Waals surface area contributed by atoms with E-state index in [4.69, 9.17) is 10.5 Å². The number of esters is 1. The van der Waals surface area contributed by atoms with Crippen molar-refractivity contribution in [1.29, 1.82) is 0 Å². The average Bonchev–Trinajstić information content (AvgIpc) is 3.02. The van der Waals surface area contributed by atoms with Crippen LogP contribution in [0.3, 0.4) is 0 Å². The van der Waals surface area contributed by atoms with Gasteiger partial charge in [0.25, 0.3) is 0 Å². The van der Waals surface area contributed by atoms with Gasteiger partial charge >= 0.3 is 5.97 Å². The molecule has 6 nitrogen and oxygen atoms in total. The molecule has 3 aromatic heterocycles. The molecule has 0 bridgehead atoms. The number of carbonyl (C=O) groups excluding carboxylic acids is 1. The van der Waals surface area contributed by atoms with Crippen molar-refractivity contribution in [3.05, 3.63) is 35.6 Å². The van der Waals surface area contributed by atoms with E-state index in [-0.39, 0.29) is 12.4 Å². The van der Waals surface area contributed by atoms with Gasteiger partial charge in [-0.1, -0.05) is 0 Å². The Kier molecular flexibility index (Phi) is 3.57. The minimum atomic E-state index is -0.268. The van der Waals surface area contributed by atoms with Crippen LogP contribution in [0.5, 0.6) is 0 Å². The molecule has 0 fully saturated rings. The first-order chi connectivity index (χ1) is 10.2. The quantitative estimate of drug-likeness (QED) is 0.747. The van der Waals surface area contributed by atoms with Gasteiger partial charge in [-0.25, -0.2) is 4.98 Å². The molecule has 2 N–H and O–H groups in total. The Bertz CT molecular complexity index is 779. The lowest BCUT2D eigenvalue weighted by atomic mass is 10.2. The van der Waals surface area contributed by atoms with Crippen LogP contribution in [0.1, 0.15) is 12.6 Å². The van der Waals surface area contributed by atoms with Gasteiger partial charge in [-0.3, -0.25) is 14.2 Å². The number of fused-ring (bicyclic) bond motifs is 1. The zero-order valence-corrected chi connectivity index (χ0v) is 12.3. The van der Waals surface area contributed by atoms with Crippen molar-refractivity contribution >= 4 is 28.1 Å². The van der Waals surface area contributed by atoms with Gasteiger partial charge in [0.1, 0.15) is 11.5 Å². The molecule has 21 heavy (non-hydrogen) atoms. The zero-order valence-electron chi connectivity index (χ0n) is 11.4. The molecule has 3 aromatic rings. The number of hydrogen-bond acceptors (Lipinski definition) is 6. The summed E-state index contributed by atoms with van der Waals surface area (Å²) in [6.07, 6.45) is 3.58. The van der Waals surface area contributed by atoms with E-state index in [0.717, 1.165) is 16.2 Å². The van der Waals surface area contributed by atoms with Crippen LogP contribution in [0.15, 0.2) is 29.9 Å². The van der Waals surface area contributed by atoms with Crippen molar-refractivity contribution in [2.24, 2.45) is 0 Å². The second-order valence-electron chi connectivity index (χ2n) is 4.41. The van der Waals surface area contributed by atoms with Crippen LogP contribution in [-0.4, -0.2) is 26.9 Å². The van der Waals surface area contributed by atoms with Gasteiger partial charge in [-0.05, 0) is 19.1 Å². The molecule has 108 valence electrons. The Morgan fingerprint density at radius 1 is 1.43 bits per heavy atom. The predicted molar refractivity (Wildman–Crippen MR) is 81.0 cm³/mol. The predicted octanol–water partition coefficient (Wildman–Crippen LogP) is 2.15. The van der Waals surface area contributed by atoms with Crippen molar-refractivity contribution in [3.8, 4) is 11.3 Å². The van der Waals surface area contributed by atoms with Gasteiger partial charge in [0.15, 0.2) is 4.96 Å². The number of nitrogen functional groups attached to an aromatic ring is 1. The molecule has 0 aromatic carbocycles. The average molecular weight is 302 g/mol. The first-order valence-corrected chi connectivity index (χ1v) is 7.39. The number of ether oxygens (including phenoxy) is 1. The fraction of sp³-hybridized carbons (Fsp3) is 0.214. The lowest BCUT2D eigenvalue weighted by molar-refractivity contribution is -0.142. The number of pyridine rings is 1. The maximum absolute atomic E-state index is 11.6. The summed E-state index contributed by atoms with van der Waals surface area (Å²) in [6, 6.07) is 3.71. The third-order valence-corrected chi connectivity index (χ3v) is 3.93. The van der Waals surface area contributed by atoms with Crippen molar-refractivity contribution < 1.29 is 9.53 Å². The number of imidazole rings is 1. The van der Waals surface area contributed by atoms with Crippen LogP contribution in [-0.2, 0) is 16.0 Å². The van der Waals surface area contributed by atoms with Gasteiger partial charge in [-0.2, -0.15) is 0 Å². The van der Waals surface area contributed by atoms with Crippen molar-refractivity contribution in [2.45, 2.75) is 13.3 Å². The molecule has 0 aliphatic carbocycles. The summed E-state index contributed by atoms with van der Waals surface area (Å²) in [5.74, 6) is 0.257. The second-order valence-corrected chi connectivity index (χ2v) is 5.24. The molecule has 3 heterocycles. The molecule has 0 radical (unpaired) electrons. The van der Waals surface area contributed by atoms with Crippen LogP contribution >= 0.6 is 11.3 Å². The Labute approximate surface area is 125 Å². The number of nitrogens with zero attached hydrogens (tertiary/aromatic N) is 3. The molecular formula is C14H14N4O2S. The van der Waals surface area contributed by atoms with E-state index in [1.54, 1.807) is 23.7 Å². The van der Waals surface area contributed by atoms with Gasteiger partial charge in [0.05, 0.1) is 13.0 Å². The number of rotatable bonds is 4. The Hall–Kier alpha value is -2.41. The van der Waals surface area contributed by atoms with E-state index in [9.17, 15) is 4.79 Å². The maximum atomic E-state index is 11.6. The van der Waals surface area contributed by atoms with Crippen molar-refractivity contribution in [3.63, 3.8) is 0 Å². The maximum Gasteiger partial charge on any atom is 0.311 e. The van der Waals surface area contributed by atoms with E-state index in [1.165, 1.54) is 11.3 Å². The van der Waals surface area contributed by atoms with Crippen LogP contribution in [0, 0.1) is 0 Å². The lowest BCUT2D eigenvalue weighted by Gasteiger charge is -2.03. The van der Waals surface area contributed by atoms with Gasteiger partial charge in [-0.15, -0.1) is 11.3 Å². The normalized spacial score (nSPS) is 10.9. The van der Waals surface area contributed by atoms with Crippen LogP contribution < -0.4 is 5.73 Å². The fourth-order valence-electron chi connectivity index (χ4n) is 2.14. The summed E-state index contributed by atoms with van der Waals surface area (Å²) in [7, 11) is 0. The van der Waals surface area contributed by atoms with E-state index in [0.29, 0.717) is 18.1 Å². The highest BCUT2D eigenvalue weighted by molar-refractivity contribution is 7.15. The highest BCUT2D eigenvalue weighted by atomic mass is 32.1. The summed E-state index contributed by atoms with van der Waals surface area (Å²) in [6.45, 7) is 2.15. The number of hydrogen-bond donors (Lipinski definition) is 1. The molecule has 0 aliphatic rings. The highest BCUT2D eigenvalue weighted by Crippen LogP contribution is 2.30. The largest absolute Gasteiger partial charge is 0.466 e. The topological polar surface area (TPSA) is 82.5 Å². The molecular weight excluding hydrogens is 288 g/mol. The van der Waals surface area contributed by atoms with Crippen LogP contribution in [0.25, 0.3) is 16.2 Å². The number of carbonyl (C=O) groups is 1. The smallest absolute Gasteiger partial charge is 0.311 e. The fourth-order valence-corrected chi connectivity index (χ4v) is 3.04. The third kappa shape index (κ3) is 2.47. The molecule has 0 spiro atoms. The van der Waals surface area contributed by atoms with Gasteiger partial charge in [0.2, 0.25) is 0 Å². The zero-order chi connectivity index (χ0) is 14.8. The minimum absolute atomic E-state index is 0.185. The van der Waals surface area contributed by atoms with Crippen molar-refractivity contribution in [2.75, 3.05) is 12.3 Å². The Balaban J connectivity index is 2.02. The monoisotopic (exact) mass is 302 g/mol. The van der Waals surface area contributed by atoms with Crippen LogP contribution in [0.2, 0.25) is 0 Å². The number of aromatic nitrogens is 3. The highest BCUT2D eigenvalue weighted by Gasteiger charge is 2.17. The summed E-state index contributed by atoms with van der Waals surface area (Å²) in [4.78, 5) is 20.9. The van der Waals surface area contributed by atoms with Crippen molar-refractivity contribution in [1.82, 2.24) is 14.4 Å². The standard InChI is InChI=1S/C14H14N4O2S/c1-2-20-11(19)7-10-8-21-14-17-12(13(15)18(10)14)9-3-5-16-6-4-9/h3-6,8H,2,7,15H2,1H3. The Morgan fingerprint density at radius 3 is 2.90 bits per heavy atom. The number of thiazole rings is 1. The Morgan fingerprint density at radius 2 is 2.19 bits per heavy atom. The van der Waals surface area contributed by atoms with E-state index in [1.807, 2.05) is 17.5 Å². The summed E-state index contributed by atoms with van der Waals surface area (Å²) < 4.78 is 6.78. The molecule has 0 aliphatic heterocycles. The number of nitrogens with two attached hydrogens (primary N) is 1. The van der Waals surface area contributed by atoms with E-state index in [2.05, 4.69) is 9.97 Å². The summed E-state index contributed by atoms with van der Waals surface area (Å²) >= 11 is 1.45. The SMILES string of the molecule is CCOC(=O)Cc1csc2nc(-c3ccncc3)c(N)n12. The molecule has 7 heteroatoms. The number of anilines is 1. The first kappa shape index (κ1) is 13.6. The van der Waals surface area contributed by atoms with Gasteiger partial charge in [0, 0.05) is 29.0 Å². The molecule has 3 rings (SSSR count). The lowest BCUT2D eigenvalue weighted by Crippen LogP contribution is -2.09. The third-order valence-electron chi connectivity index (χ3n) is 3.05. The first-order valence-electron chi connectivity index (χ1n) is 6.51. The van der Waals surface area contributed by atoms with Crippen LogP contribution in [0.4, 0.5) is 5.82 Å². The van der Waals surface area contributed by atoms with E-state index >= 15 is 0 Å². The van der Waals surface area contributed by atoms with E-state index < -0.39 is 0 Å². The molecule has 0 atom stereocenters.